The number of likely N-dealkylation sites (N-methyl/N-ethyl adjacent to an activating group) is 1. The number of rotatable bonds is 5. The van der Waals surface area contributed by atoms with Gasteiger partial charge in [0.2, 0.25) is 17.8 Å². The van der Waals surface area contributed by atoms with Crippen molar-refractivity contribution in [2.45, 2.75) is 19.4 Å². The molecule has 7 nitrogen and oxygen atoms in total. The molecule has 0 bridgehead atoms. The molecule has 1 aliphatic heterocycles. The Labute approximate surface area is 114 Å². The molecule has 106 valence electrons. The fourth-order valence-electron chi connectivity index (χ4n) is 1.94. The Hall–Kier alpha value is -1.63. The number of aromatic nitrogens is 3. The largest absolute Gasteiger partial charge is 0.379 e. The predicted molar refractivity (Wildman–Crippen MR) is 75.9 cm³/mol. The van der Waals surface area contributed by atoms with E-state index in [2.05, 4.69) is 25.2 Å². The molecule has 2 heterocycles. The first-order valence-electron chi connectivity index (χ1n) is 6.59. The van der Waals surface area contributed by atoms with Crippen molar-refractivity contribution in [2.24, 2.45) is 0 Å². The van der Waals surface area contributed by atoms with Crippen LogP contribution in [-0.2, 0) is 4.74 Å². The van der Waals surface area contributed by atoms with Gasteiger partial charge in [0.25, 0.3) is 0 Å². The Morgan fingerprint density at radius 2 is 1.95 bits per heavy atom. The third kappa shape index (κ3) is 3.23. The van der Waals surface area contributed by atoms with Gasteiger partial charge in [-0.1, -0.05) is 0 Å². The summed E-state index contributed by atoms with van der Waals surface area (Å²) in [7, 11) is 5.85. The maximum Gasteiger partial charge on any atom is 0.232 e. The van der Waals surface area contributed by atoms with Crippen molar-refractivity contribution in [2.75, 3.05) is 56.0 Å². The van der Waals surface area contributed by atoms with E-state index in [1.807, 2.05) is 33.0 Å². The molecule has 1 aliphatic rings. The number of ether oxygens (including phenoxy) is 1. The Bertz CT molecular complexity index is 419. The number of nitrogens with zero attached hydrogens (tertiary/aromatic N) is 5. The van der Waals surface area contributed by atoms with Crippen molar-refractivity contribution in [1.29, 1.82) is 0 Å². The molecule has 7 heteroatoms. The van der Waals surface area contributed by atoms with Gasteiger partial charge in [-0.25, -0.2) is 0 Å². The predicted octanol–water partition coefficient (Wildman–Crippen LogP) is 0.595. The van der Waals surface area contributed by atoms with E-state index in [9.17, 15) is 0 Å². The highest BCUT2D eigenvalue weighted by Crippen LogP contribution is 2.19. The molecule has 1 aromatic heterocycles. The fraction of sp³-hybridized carbons (Fsp3) is 0.750. The van der Waals surface area contributed by atoms with Crippen LogP contribution in [0.1, 0.15) is 13.3 Å². The highest BCUT2D eigenvalue weighted by Gasteiger charge is 2.23. The van der Waals surface area contributed by atoms with Crippen LogP contribution in [0.25, 0.3) is 0 Å². The minimum absolute atomic E-state index is 0.340. The van der Waals surface area contributed by atoms with Crippen molar-refractivity contribution in [3.05, 3.63) is 0 Å². The number of hydrogen-bond acceptors (Lipinski definition) is 7. The molecule has 2 rings (SSSR count). The van der Waals surface area contributed by atoms with E-state index in [4.69, 9.17) is 4.74 Å². The summed E-state index contributed by atoms with van der Waals surface area (Å²) in [6.07, 6.45) is 1.01. The van der Waals surface area contributed by atoms with Crippen molar-refractivity contribution < 1.29 is 4.74 Å². The highest BCUT2D eigenvalue weighted by molar-refractivity contribution is 5.44. The Morgan fingerprint density at radius 1 is 1.21 bits per heavy atom. The Morgan fingerprint density at radius 3 is 2.53 bits per heavy atom. The van der Waals surface area contributed by atoms with E-state index >= 15 is 0 Å². The zero-order valence-corrected chi connectivity index (χ0v) is 12.1. The Kier molecular flexibility index (Phi) is 4.36. The third-order valence-electron chi connectivity index (χ3n) is 3.12. The molecule has 1 aromatic rings. The van der Waals surface area contributed by atoms with Gasteiger partial charge >= 0.3 is 0 Å². The number of hydrogen-bond donors (Lipinski definition) is 1. The van der Waals surface area contributed by atoms with Gasteiger partial charge in [0.15, 0.2) is 0 Å². The summed E-state index contributed by atoms with van der Waals surface area (Å²) in [6.45, 7) is 4.34. The van der Waals surface area contributed by atoms with E-state index in [1.165, 1.54) is 0 Å². The van der Waals surface area contributed by atoms with Gasteiger partial charge in [0.05, 0.1) is 12.6 Å². The van der Waals surface area contributed by atoms with Gasteiger partial charge in [0, 0.05) is 34.3 Å². The summed E-state index contributed by atoms with van der Waals surface area (Å²) in [5, 5.41) is 3.14. The molecule has 0 spiro atoms. The molecular formula is C12H22N6O. The monoisotopic (exact) mass is 266 g/mol. The summed E-state index contributed by atoms with van der Waals surface area (Å²) in [4.78, 5) is 17.3. The SMILES string of the molecule is CCNc1nc(N(C)C)nc(N(C)C2CCOC2)n1. The summed E-state index contributed by atoms with van der Waals surface area (Å²) < 4.78 is 5.42. The van der Waals surface area contributed by atoms with E-state index in [0.29, 0.717) is 23.9 Å². The van der Waals surface area contributed by atoms with Crippen LogP contribution in [0.2, 0.25) is 0 Å². The van der Waals surface area contributed by atoms with E-state index < -0.39 is 0 Å². The van der Waals surface area contributed by atoms with E-state index in [1.54, 1.807) is 0 Å². The summed E-state index contributed by atoms with van der Waals surface area (Å²) in [5.74, 6) is 1.96. The summed E-state index contributed by atoms with van der Waals surface area (Å²) in [6, 6.07) is 0.340. The second-order valence-corrected chi connectivity index (χ2v) is 4.81. The first kappa shape index (κ1) is 13.8. The topological polar surface area (TPSA) is 66.4 Å². The molecule has 1 atom stereocenters. The fourth-order valence-corrected chi connectivity index (χ4v) is 1.94. The summed E-state index contributed by atoms with van der Waals surface area (Å²) >= 11 is 0. The highest BCUT2D eigenvalue weighted by atomic mass is 16.5. The molecule has 0 radical (unpaired) electrons. The van der Waals surface area contributed by atoms with Gasteiger partial charge in [-0.15, -0.1) is 0 Å². The lowest BCUT2D eigenvalue weighted by Gasteiger charge is -2.24. The molecule has 19 heavy (non-hydrogen) atoms. The van der Waals surface area contributed by atoms with Gasteiger partial charge in [-0.05, 0) is 13.3 Å². The van der Waals surface area contributed by atoms with Crippen LogP contribution in [0.4, 0.5) is 17.8 Å². The van der Waals surface area contributed by atoms with Crippen LogP contribution in [0.15, 0.2) is 0 Å². The van der Waals surface area contributed by atoms with Crippen LogP contribution < -0.4 is 15.1 Å². The molecule has 1 fully saturated rings. The molecule has 0 amide bonds. The van der Waals surface area contributed by atoms with Crippen molar-refractivity contribution in [3.63, 3.8) is 0 Å². The minimum Gasteiger partial charge on any atom is -0.379 e. The van der Waals surface area contributed by atoms with Crippen molar-refractivity contribution in [1.82, 2.24) is 15.0 Å². The third-order valence-corrected chi connectivity index (χ3v) is 3.12. The van der Waals surface area contributed by atoms with Crippen LogP contribution in [0.5, 0.6) is 0 Å². The van der Waals surface area contributed by atoms with Crippen molar-refractivity contribution in [3.8, 4) is 0 Å². The van der Waals surface area contributed by atoms with Gasteiger partial charge in [-0.3, -0.25) is 0 Å². The number of nitrogens with one attached hydrogen (secondary N) is 1. The quantitative estimate of drug-likeness (QED) is 0.836. The molecule has 1 unspecified atom stereocenters. The first-order chi connectivity index (χ1) is 9.11. The van der Waals surface area contributed by atoms with E-state index in [-0.39, 0.29) is 0 Å². The van der Waals surface area contributed by atoms with Crippen LogP contribution in [-0.4, -0.2) is 61.9 Å². The average Bonchev–Trinajstić information content (AvgIpc) is 2.91. The maximum absolute atomic E-state index is 5.42. The normalized spacial score (nSPS) is 18.4. The first-order valence-corrected chi connectivity index (χ1v) is 6.59. The smallest absolute Gasteiger partial charge is 0.232 e. The average molecular weight is 266 g/mol. The van der Waals surface area contributed by atoms with Gasteiger partial charge in [-0.2, -0.15) is 15.0 Å². The lowest BCUT2D eigenvalue weighted by Crippen LogP contribution is -2.34. The molecule has 0 aromatic carbocycles. The minimum atomic E-state index is 0.340. The lowest BCUT2D eigenvalue weighted by molar-refractivity contribution is 0.193. The summed E-state index contributed by atoms with van der Waals surface area (Å²) in [5.41, 5.74) is 0. The second-order valence-electron chi connectivity index (χ2n) is 4.81. The van der Waals surface area contributed by atoms with Gasteiger partial charge in [0.1, 0.15) is 0 Å². The molecule has 1 N–H and O–H groups in total. The van der Waals surface area contributed by atoms with Crippen LogP contribution in [0.3, 0.4) is 0 Å². The second kappa shape index (κ2) is 6.01. The zero-order chi connectivity index (χ0) is 13.8. The standard InChI is InChI=1S/C12H22N6O/c1-5-13-10-14-11(17(2)3)16-12(15-10)18(4)9-6-7-19-8-9/h9H,5-8H2,1-4H3,(H,13,14,15,16). The van der Waals surface area contributed by atoms with Crippen LogP contribution >= 0.6 is 0 Å². The van der Waals surface area contributed by atoms with Crippen molar-refractivity contribution >= 4 is 17.8 Å². The molecule has 0 saturated carbocycles. The van der Waals surface area contributed by atoms with Gasteiger partial charge < -0.3 is 19.9 Å². The lowest BCUT2D eigenvalue weighted by atomic mass is 10.2. The molecular weight excluding hydrogens is 244 g/mol. The maximum atomic E-state index is 5.42. The molecule has 0 aliphatic carbocycles. The zero-order valence-electron chi connectivity index (χ0n) is 12.1. The Balaban J connectivity index is 2.26. The molecule has 1 saturated heterocycles. The van der Waals surface area contributed by atoms with Crippen LogP contribution in [0, 0.1) is 0 Å². The van der Waals surface area contributed by atoms with E-state index in [0.717, 1.165) is 26.2 Å². The number of anilines is 3.